The quantitative estimate of drug-likeness (QED) is 0.570. The van der Waals surface area contributed by atoms with Gasteiger partial charge in [0.15, 0.2) is 5.78 Å². The van der Waals surface area contributed by atoms with Gasteiger partial charge in [0.25, 0.3) is 5.91 Å². The number of hydrogen-bond donors (Lipinski definition) is 3. The first-order chi connectivity index (χ1) is 15.6. The van der Waals surface area contributed by atoms with Crippen molar-refractivity contribution in [1.82, 2.24) is 9.78 Å². The Hall–Kier alpha value is -3.45. The summed E-state index contributed by atoms with van der Waals surface area (Å²) in [6, 6.07) is 12.8. The fraction of sp³-hybridized carbons (Fsp3) is 0.346. The number of nitrogens with one attached hydrogen (secondary N) is 1. The minimum absolute atomic E-state index is 0.114. The van der Waals surface area contributed by atoms with Crippen molar-refractivity contribution < 1.29 is 14.7 Å². The lowest BCUT2D eigenvalue weighted by molar-refractivity contribution is 0.0909. The van der Waals surface area contributed by atoms with E-state index in [-0.39, 0.29) is 17.2 Å². The maximum Gasteiger partial charge on any atom is 0.250 e. The Labute approximate surface area is 192 Å². The minimum Gasteiger partial charge on any atom is -0.390 e. The van der Waals surface area contributed by atoms with Gasteiger partial charge < -0.3 is 16.2 Å². The molecular weight excluding hydrogens is 416 g/mol. The third-order valence-electron chi connectivity index (χ3n) is 6.75. The molecule has 0 fully saturated rings. The number of carbonyl (C=O) groups is 2. The van der Waals surface area contributed by atoms with Gasteiger partial charge in [0, 0.05) is 18.5 Å². The molecule has 170 valence electrons. The topological polar surface area (TPSA) is 110 Å². The van der Waals surface area contributed by atoms with Crippen molar-refractivity contribution in [1.29, 1.82) is 0 Å². The number of ketones is 1. The maximum absolute atomic E-state index is 12.8. The number of primary amides is 1. The Morgan fingerprint density at radius 1 is 1.21 bits per heavy atom. The highest BCUT2D eigenvalue weighted by atomic mass is 16.3. The predicted molar refractivity (Wildman–Crippen MR) is 126 cm³/mol. The number of benzene rings is 2. The summed E-state index contributed by atoms with van der Waals surface area (Å²) in [5.41, 5.74) is 11.5. The standard InChI is InChI=1S/C26H28N4O3/c1-14-23-20(12-26(2,3)13-22(23)32)30(29-14)16-8-9-18(25(27)33)19(11-16)28-24-17-7-5-4-6-15(17)10-21(24)31/h4-9,11,21,24,28,31H,10,12-13H2,1-3H3,(H2,27,33)/t21-,24+/m1/s1. The SMILES string of the molecule is Cc1nn(-c2ccc(C(N)=O)c(N[C@H]3c4ccccc4C[C@H]3O)c2)c2c1C(=O)CC(C)(C)C2. The van der Waals surface area contributed by atoms with Gasteiger partial charge in [-0.3, -0.25) is 9.59 Å². The molecule has 0 radical (unpaired) electrons. The highest BCUT2D eigenvalue weighted by molar-refractivity contribution is 6.00. The summed E-state index contributed by atoms with van der Waals surface area (Å²) in [5.74, 6) is -0.442. The smallest absolute Gasteiger partial charge is 0.250 e. The zero-order valence-corrected chi connectivity index (χ0v) is 19.1. The fourth-order valence-electron chi connectivity index (χ4n) is 5.27. The molecule has 1 heterocycles. The van der Waals surface area contributed by atoms with Crippen molar-refractivity contribution >= 4 is 17.4 Å². The number of aliphatic hydroxyl groups excluding tert-OH is 1. The van der Waals surface area contributed by atoms with Crippen LogP contribution in [-0.4, -0.2) is 32.7 Å². The van der Waals surface area contributed by atoms with Crippen molar-refractivity contribution in [3.8, 4) is 5.69 Å². The molecule has 1 aromatic heterocycles. The number of rotatable bonds is 4. The van der Waals surface area contributed by atoms with Gasteiger partial charge in [-0.2, -0.15) is 5.10 Å². The van der Waals surface area contributed by atoms with Crippen molar-refractivity contribution in [2.45, 2.75) is 52.2 Å². The molecule has 2 aliphatic rings. The average Bonchev–Trinajstić information content (AvgIpc) is 3.23. The summed E-state index contributed by atoms with van der Waals surface area (Å²) in [5, 5.41) is 18.7. The first-order valence-electron chi connectivity index (χ1n) is 11.2. The van der Waals surface area contributed by atoms with E-state index in [9.17, 15) is 14.7 Å². The molecule has 0 saturated carbocycles. The van der Waals surface area contributed by atoms with E-state index in [2.05, 4.69) is 24.3 Å². The van der Waals surface area contributed by atoms with Crippen LogP contribution in [0, 0.1) is 12.3 Å². The largest absolute Gasteiger partial charge is 0.390 e. The molecule has 2 atom stereocenters. The third-order valence-corrected chi connectivity index (χ3v) is 6.75. The van der Waals surface area contributed by atoms with Crippen LogP contribution in [0.4, 0.5) is 5.69 Å². The van der Waals surface area contributed by atoms with E-state index in [0.717, 1.165) is 28.9 Å². The Kier molecular flexibility index (Phi) is 4.90. The van der Waals surface area contributed by atoms with Gasteiger partial charge in [-0.1, -0.05) is 38.1 Å². The monoisotopic (exact) mass is 444 g/mol. The molecule has 1 amide bonds. The maximum atomic E-state index is 12.8. The van der Waals surface area contributed by atoms with Gasteiger partial charge >= 0.3 is 0 Å². The van der Waals surface area contributed by atoms with E-state index in [1.54, 1.807) is 16.8 Å². The predicted octanol–water partition coefficient (Wildman–Crippen LogP) is 3.50. The van der Waals surface area contributed by atoms with Crippen LogP contribution in [0.3, 0.4) is 0 Å². The molecule has 2 aromatic carbocycles. The van der Waals surface area contributed by atoms with E-state index in [1.807, 2.05) is 37.3 Å². The number of hydrogen-bond acceptors (Lipinski definition) is 5. The van der Waals surface area contributed by atoms with E-state index >= 15 is 0 Å². The third kappa shape index (κ3) is 3.62. The summed E-state index contributed by atoms with van der Waals surface area (Å²) in [6.07, 6.45) is 1.15. The number of anilines is 1. The van der Waals surface area contributed by atoms with Gasteiger partial charge in [0.05, 0.1) is 40.3 Å². The van der Waals surface area contributed by atoms with E-state index in [4.69, 9.17) is 5.73 Å². The molecule has 0 spiro atoms. The summed E-state index contributed by atoms with van der Waals surface area (Å²) in [6.45, 7) is 6.03. The second-order valence-corrected chi connectivity index (χ2v) is 9.95. The molecular formula is C26H28N4O3. The number of aromatic nitrogens is 2. The van der Waals surface area contributed by atoms with Gasteiger partial charge in [0.2, 0.25) is 0 Å². The van der Waals surface area contributed by atoms with Gasteiger partial charge in [-0.15, -0.1) is 0 Å². The molecule has 5 rings (SSSR count). The number of nitrogens with two attached hydrogens (primary N) is 1. The fourth-order valence-corrected chi connectivity index (χ4v) is 5.27. The van der Waals surface area contributed by atoms with E-state index in [0.29, 0.717) is 35.3 Å². The van der Waals surface area contributed by atoms with Crippen molar-refractivity contribution in [2.75, 3.05) is 5.32 Å². The van der Waals surface area contributed by atoms with Crippen LogP contribution < -0.4 is 11.1 Å². The van der Waals surface area contributed by atoms with Crippen LogP contribution in [0.2, 0.25) is 0 Å². The van der Waals surface area contributed by atoms with Crippen LogP contribution in [0.5, 0.6) is 0 Å². The molecule has 4 N–H and O–H groups in total. The normalized spacial score (nSPS) is 20.9. The number of carbonyl (C=O) groups excluding carboxylic acids is 2. The van der Waals surface area contributed by atoms with Crippen LogP contribution in [0.25, 0.3) is 5.69 Å². The average molecular weight is 445 g/mol. The molecule has 0 saturated heterocycles. The van der Waals surface area contributed by atoms with Gasteiger partial charge in [-0.05, 0) is 48.1 Å². The molecule has 0 aliphatic heterocycles. The summed E-state index contributed by atoms with van der Waals surface area (Å²) in [7, 11) is 0. The van der Waals surface area contributed by atoms with E-state index in [1.165, 1.54) is 0 Å². The van der Waals surface area contributed by atoms with Crippen LogP contribution in [-0.2, 0) is 12.8 Å². The molecule has 2 aliphatic carbocycles. The minimum atomic E-state index is -0.620. The van der Waals surface area contributed by atoms with Gasteiger partial charge in [0.1, 0.15) is 0 Å². The second-order valence-electron chi connectivity index (χ2n) is 9.95. The lowest BCUT2D eigenvalue weighted by atomic mass is 9.75. The number of aliphatic hydroxyl groups is 1. The van der Waals surface area contributed by atoms with Crippen molar-refractivity contribution in [2.24, 2.45) is 11.1 Å². The first kappa shape index (κ1) is 21.4. The Morgan fingerprint density at radius 2 is 1.97 bits per heavy atom. The molecule has 7 heteroatoms. The Bertz CT molecular complexity index is 1290. The van der Waals surface area contributed by atoms with E-state index < -0.39 is 12.0 Å². The molecule has 7 nitrogen and oxygen atoms in total. The number of amides is 1. The van der Waals surface area contributed by atoms with Crippen LogP contribution in [0.1, 0.15) is 69.5 Å². The van der Waals surface area contributed by atoms with Gasteiger partial charge in [-0.25, -0.2) is 4.68 Å². The van der Waals surface area contributed by atoms with Crippen molar-refractivity contribution in [3.63, 3.8) is 0 Å². The highest BCUT2D eigenvalue weighted by Crippen LogP contribution is 2.38. The molecule has 0 unspecified atom stereocenters. The Balaban J connectivity index is 1.59. The summed E-state index contributed by atoms with van der Waals surface area (Å²) < 4.78 is 1.80. The zero-order valence-electron chi connectivity index (χ0n) is 19.1. The molecule has 3 aromatic rings. The summed E-state index contributed by atoms with van der Waals surface area (Å²) >= 11 is 0. The number of aryl methyl sites for hydroxylation is 1. The number of nitrogens with zero attached hydrogens (tertiary/aromatic N) is 2. The lowest BCUT2D eigenvalue weighted by Crippen LogP contribution is -2.28. The Morgan fingerprint density at radius 3 is 2.73 bits per heavy atom. The first-order valence-corrected chi connectivity index (χ1v) is 11.2. The highest BCUT2D eigenvalue weighted by Gasteiger charge is 2.36. The molecule has 33 heavy (non-hydrogen) atoms. The number of Topliss-reactive ketones (excluding diaryl/α,β-unsaturated/α-hetero) is 1. The second kappa shape index (κ2) is 7.56. The zero-order chi connectivity index (χ0) is 23.5. The summed E-state index contributed by atoms with van der Waals surface area (Å²) in [4.78, 5) is 25.0. The lowest BCUT2D eigenvalue weighted by Gasteiger charge is -2.29. The van der Waals surface area contributed by atoms with Crippen LogP contribution in [0.15, 0.2) is 42.5 Å². The number of fused-ring (bicyclic) bond motifs is 2. The van der Waals surface area contributed by atoms with Crippen molar-refractivity contribution in [3.05, 3.63) is 76.1 Å². The van der Waals surface area contributed by atoms with Crippen LogP contribution >= 0.6 is 0 Å². The molecule has 0 bridgehead atoms.